The van der Waals surface area contributed by atoms with Crippen LogP contribution in [0.1, 0.15) is 33.6 Å². The first-order chi connectivity index (χ1) is 6.86. The number of carbonyl (C=O) groups excluding carboxylic acids is 1. The van der Waals surface area contributed by atoms with Gasteiger partial charge in [-0.3, -0.25) is 0 Å². The minimum absolute atomic E-state index is 0.165. The van der Waals surface area contributed by atoms with Crippen LogP contribution in [0.5, 0.6) is 0 Å². The largest absolute Gasteiger partial charge is 0.455 e. The van der Waals surface area contributed by atoms with Crippen molar-refractivity contribution >= 4 is 5.97 Å². The van der Waals surface area contributed by atoms with Crippen molar-refractivity contribution in [3.63, 3.8) is 0 Å². The van der Waals surface area contributed by atoms with Gasteiger partial charge in [-0.05, 0) is 37.0 Å². The lowest BCUT2D eigenvalue weighted by Crippen LogP contribution is -2.36. The summed E-state index contributed by atoms with van der Waals surface area (Å²) in [5.41, 5.74) is 0.919. The van der Waals surface area contributed by atoms with Crippen LogP contribution in [0.3, 0.4) is 0 Å². The molecular weight excluding hydrogens is 188 g/mol. The summed E-state index contributed by atoms with van der Waals surface area (Å²) in [5.74, 6) is 1.63. The molecule has 0 amide bonds. The summed E-state index contributed by atoms with van der Waals surface area (Å²) >= 11 is 0. The van der Waals surface area contributed by atoms with Gasteiger partial charge < -0.3 is 4.74 Å². The van der Waals surface area contributed by atoms with Gasteiger partial charge in [-0.1, -0.05) is 20.4 Å². The van der Waals surface area contributed by atoms with Crippen molar-refractivity contribution in [3.05, 3.63) is 12.2 Å². The molecule has 15 heavy (non-hydrogen) atoms. The second-order valence-electron chi connectivity index (χ2n) is 6.25. The highest BCUT2D eigenvalue weighted by molar-refractivity contribution is 5.91. The van der Waals surface area contributed by atoms with E-state index in [-0.39, 0.29) is 17.5 Å². The van der Waals surface area contributed by atoms with Crippen LogP contribution in [-0.2, 0) is 9.53 Å². The number of fused-ring (bicyclic) bond motifs is 2. The zero-order chi connectivity index (χ0) is 11.0. The molecule has 4 atom stereocenters. The molecule has 2 unspecified atom stereocenters. The maximum atomic E-state index is 11.5. The molecule has 1 saturated heterocycles. The fraction of sp³-hybridized carbons (Fsp3) is 0.769. The fourth-order valence-electron chi connectivity index (χ4n) is 3.86. The van der Waals surface area contributed by atoms with Gasteiger partial charge in [0, 0.05) is 11.5 Å². The van der Waals surface area contributed by atoms with E-state index in [1.165, 1.54) is 0 Å². The molecule has 0 bridgehead atoms. The SMILES string of the molecule is C=C1C(=O)O[C@@]2(C)CC3C(C[C@@H]12)C3(C)C. The molecule has 3 rings (SSSR count). The molecule has 0 aromatic heterocycles. The summed E-state index contributed by atoms with van der Waals surface area (Å²) in [6, 6.07) is 0. The van der Waals surface area contributed by atoms with Crippen LogP contribution < -0.4 is 0 Å². The number of hydrogen-bond donors (Lipinski definition) is 0. The molecule has 1 heterocycles. The van der Waals surface area contributed by atoms with Gasteiger partial charge in [0.1, 0.15) is 5.60 Å². The van der Waals surface area contributed by atoms with Crippen molar-refractivity contribution in [1.29, 1.82) is 0 Å². The summed E-state index contributed by atoms with van der Waals surface area (Å²) < 4.78 is 5.52. The first-order valence-electron chi connectivity index (χ1n) is 5.78. The second-order valence-corrected chi connectivity index (χ2v) is 6.25. The maximum absolute atomic E-state index is 11.5. The van der Waals surface area contributed by atoms with E-state index in [0.717, 1.165) is 24.7 Å². The lowest BCUT2D eigenvalue weighted by molar-refractivity contribution is -0.148. The average Bonchev–Trinajstić information content (AvgIpc) is 2.54. The van der Waals surface area contributed by atoms with Crippen molar-refractivity contribution in [2.24, 2.45) is 23.2 Å². The number of esters is 1. The molecule has 2 aliphatic carbocycles. The van der Waals surface area contributed by atoms with Gasteiger partial charge in [-0.15, -0.1) is 0 Å². The highest BCUT2D eigenvalue weighted by Gasteiger charge is 2.67. The third-order valence-corrected chi connectivity index (χ3v) is 5.15. The Bertz CT molecular complexity index is 369. The molecule has 2 heteroatoms. The Labute approximate surface area is 90.7 Å². The molecule has 0 aromatic carbocycles. The van der Waals surface area contributed by atoms with Crippen LogP contribution in [0.15, 0.2) is 12.2 Å². The van der Waals surface area contributed by atoms with Gasteiger partial charge in [-0.2, -0.15) is 0 Å². The van der Waals surface area contributed by atoms with E-state index in [4.69, 9.17) is 4.74 Å². The molecule has 1 aliphatic heterocycles. The third kappa shape index (κ3) is 0.977. The lowest BCUT2D eigenvalue weighted by Gasteiger charge is -2.33. The first kappa shape index (κ1) is 9.44. The molecule has 0 radical (unpaired) electrons. The van der Waals surface area contributed by atoms with E-state index in [1.54, 1.807) is 0 Å². The molecule has 3 fully saturated rings. The van der Waals surface area contributed by atoms with Crippen molar-refractivity contribution < 1.29 is 9.53 Å². The van der Waals surface area contributed by atoms with Crippen LogP contribution in [0.4, 0.5) is 0 Å². The Morgan fingerprint density at radius 2 is 2.00 bits per heavy atom. The molecule has 82 valence electrons. The van der Waals surface area contributed by atoms with E-state index in [2.05, 4.69) is 27.4 Å². The zero-order valence-electron chi connectivity index (χ0n) is 9.67. The Balaban J connectivity index is 1.93. The number of carbonyl (C=O) groups is 1. The van der Waals surface area contributed by atoms with Crippen molar-refractivity contribution in [1.82, 2.24) is 0 Å². The summed E-state index contributed by atoms with van der Waals surface area (Å²) in [7, 11) is 0. The summed E-state index contributed by atoms with van der Waals surface area (Å²) in [6.45, 7) is 10.6. The Morgan fingerprint density at radius 1 is 1.33 bits per heavy atom. The quantitative estimate of drug-likeness (QED) is 0.449. The highest BCUT2D eigenvalue weighted by Crippen LogP contribution is 2.69. The number of ether oxygens (including phenoxy) is 1. The lowest BCUT2D eigenvalue weighted by atomic mass is 9.75. The van der Waals surface area contributed by atoms with Crippen LogP contribution in [0.2, 0.25) is 0 Å². The molecule has 0 aromatic rings. The zero-order valence-corrected chi connectivity index (χ0v) is 9.67. The standard InChI is InChI=1S/C13H18O2/c1-7-8-5-9-10(12(9,2)3)6-13(8,4)15-11(7)14/h8-10H,1,5-6H2,2-4H3/t8-,9?,10?,13-/m0/s1. The van der Waals surface area contributed by atoms with Crippen LogP contribution in [-0.4, -0.2) is 11.6 Å². The summed E-state index contributed by atoms with van der Waals surface area (Å²) in [4.78, 5) is 11.5. The molecule has 2 nitrogen and oxygen atoms in total. The van der Waals surface area contributed by atoms with Crippen LogP contribution in [0, 0.1) is 23.2 Å². The van der Waals surface area contributed by atoms with E-state index in [1.807, 2.05) is 0 Å². The predicted octanol–water partition coefficient (Wildman–Crippen LogP) is 2.54. The van der Waals surface area contributed by atoms with Gasteiger partial charge in [0.05, 0.1) is 0 Å². The Hall–Kier alpha value is -0.790. The van der Waals surface area contributed by atoms with Crippen LogP contribution >= 0.6 is 0 Å². The second kappa shape index (κ2) is 2.31. The van der Waals surface area contributed by atoms with E-state index >= 15 is 0 Å². The number of rotatable bonds is 0. The minimum atomic E-state index is -0.247. The molecule has 2 saturated carbocycles. The summed E-state index contributed by atoms with van der Waals surface area (Å²) in [5, 5.41) is 0. The van der Waals surface area contributed by atoms with Crippen molar-refractivity contribution in [3.8, 4) is 0 Å². The monoisotopic (exact) mass is 206 g/mol. The van der Waals surface area contributed by atoms with Crippen molar-refractivity contribution in [2.45, 2.75) is 39.2 Å². The van der Waals surface area contributed by atoms with Gasteiger partial charge in [0.15, 0.2) is 0 Å². The van der Waals surface area contributed by atoms with E-state index in [0.29, 0.717) is 11.0 Å². The maximum Gasteiger partial charge on any atom is 0.334 e. The van der Waals surface area contributed by atoms with E-state index < -0.39 is 0 Å². The molecular formula is C13H18O2. The average molecular weight is 206 g/mol. The van der Waals surface area contributed by atoms with Gasteiger partial charge >= 0.3 is 5.97 Å². The normalized spacial score (nSPS) is 50.7. The molecule has 0 N–H and O–H groups in total. The summed E-state index contributed by atoms with van der Waals surface area (Å²) in [6.07, 6.45) is 2.12. The fourth-order valence-corrected chi connectivity index (χ4v) is 3.86. The Morgan fingerprint density at radius 3 is 2.67 bits per heavy atom. The third-order valence-electron chi connectivity index (χ3n) is 5.15. The predicted molar refractivity (Wildman–Crippen MR) is 57.1 cm³/mol. The van der Waals surface area contributed by atoms with E-state index in [9.17, 15) is 4.79 Å². The first-order valence-corrected chi connectivity index (χ1v) is 5.78. The van der Waals surface area contributed by atoms with Gasteiger partial charge in [0.25, 0.3) is 0 Å². The molecule has 0 spiro atoms. The van der Waals surface area contributed by atoms with Crippen molar-refractivity contribution in [2.75, 3.05) is 0 Å². The Kier molecular flexibility index (Phi) is 1.45. The topological polar surface area (TPSA) is 26.3 Å². The number of hydrogen-bond acceptors (Lipinski definition) is 2. The van der Waals surface area contributed by atoms with Crippen LogP contribution in [0.25, 0.3) is 0 Å². The highest BCUT2D eigenvalue weighted by atomic mass is 16.6. The van der Waals surface area contributed by atoms with Gasteiger partial charge in [-0.25, -0.2) is 4.79 Å². The molecule has 3 aliphatic rings. The van der Waals surface area contributed by atoms with Gasteiger partial charge in [0.2, 0.25) is 0 Å². The minimum Gasteiger partial charge on any atom is -0.455 e. The smallest absolute Gasteiger partial charge is 0.334 e.